The fourth-order valence-electron chi connectivity index (χ4n) is 1.89. The van der Waals surface area contributed by atoms with Crippen molar-refractivity contribution in [3.63, 3.8) is 0 Å². The zero-order valence-corrected chi connectivity index (χ0v) is 10.0. The van der Waals surface area contributed by atoms with Gasteiger partial charge in [0.15, 0.2) is 0 Å². The minimum atomic E-state index is -0.383. The molecule has 3 rings (SSSR count). The van der Waals surface area contributed by atoms with E-state index in [1.165, 1.54) is 12.1 Å². The Bertz CT molecular complexity index is 736. The molecule has 0 radical (unpaired) electrons. The average Bonchev–Trinajstić information content (AvgIpc) is 2.68. The first-order valence-corrected chi connectivity index (χ1v) is 5.72. The van der Waals surface area contributed by atoms with Gasteiger partial charge in [0.05, 0.1) is 5.02 Å². The number of aromatic nitrogens is 2. The Labute approximate surface area is 108 Å². The molecule has 1 aromatic carbocycles. The lowest BCUT2D eigenvalue weighted by Gasteiger charge is -2.02. The summed E-state index contributed by atoms with van der Waals surface area (Å²) < 4.78 is 14.8. The SMILES string of the molecule is Nc1c(-c2ccc(F)cc2Cl)nc2ccccn12. The minimum Gasteiger partial charge on any atom is -0.383 e. The highest BCUT2D eigenvalue weighted by atomic mass is 35.5. The summed E-state index contributed by atoms with van der Waals surface area (Å²) in [7, 11) is 0. The molecule has 0 aliphatic heterocycles. The van der Waals surface area contributed by atoms with Gasteiger partial charge >= 0.3 is 0 Å². The van der Waals surface area contributed by atoms with Gasteiger partial charge in [-0.15, -0.1) is 0 Å². The molecule has 0 aliphatic rings. The van der Waals surface area contributed by atoms with Crippen LogP contribution in [-0.2, 0) is 0 Å². The fraction of sp³-hybridized carbons (Fsp3) is 0. The van der Waals surface area contributed by atoms with E-state index < -0.39 is 0 Å². The molecule has 0 saturated heterocycles. The lowest BCUT2D eigenvalue weighted by molar-refractivity contribution is 0.628. The summed E-state index contributed by atoms with van der Waals surface area (Å²) in [5.74, 6) is 0.102. The highest BCUT2D eigenvalue weighted by Crippen LogP contribution is 2.32. The van der Waals surface area contributed by atoms with Crippen molar-refractivity contribution in [1.82, 2.24) is 9.38 Å². The Balaban J connectivity index is 2.28. The van der Waals surface area contributed by atoms with Crippen molar-refractivity contribution >= 4 is 23.1 Å². The normalized spacial score (nSPS) is 11.0. The van der Waals surface area contributed by atoms with Gasteiger partial charge in [-0.1, -0.05) is 17.7 Å². The van der Waals surface area contributed by atoms with Crippen molar-refractivity contribution in [1.29, 1.82) is 0 Å². The van der Waals surface area contributed by atoms with Gasteiger partial charge in [-0.2, -0.15) is 0 Å². The number of hydrogen-bond donors (Lipinski definition) is 1. The van der Waals surface area contributed by atoms with Crippen LogP contribution in [0.25, 0.3) is 16.9 Å². The number of pyridine rings is 1. The summed E-state index contributed by atoms with van der Waals surface area (Å²) in [5, 5.41) is 0.296. The summed E-state index contributed by atoms with van der Waals surface area (Å²) in [6, 6.07) is 9.75. The van der Waals surface area contributed by atoms with Crippen molar-refractivity contribution < 1.29 is 4.39 Å². The van der Waals surface area contributed by atoms with Crippen molar-refractivity contribution in [2.45, 2.75) is 0 Å². The van der Waals surface area contributed by atoms with E-state index in [0.717, 1.165) is 5.65 Å². The summed E-state index contributed by atoms with van der Waals surface area (Å²) in [6.07, 6.45) is 1.82. The van der Waals surface area contributed by atoms with Gasteiger partial charge in [-0.3, -0.25) is 4.40 Å². The van der Waals surface area contributed by atoms with Crippen LogP contribution in [0.1, 0.15) is 0 Å². The number of halogens is 2. The Morgan fingerprint density at radius 1 is 1.22 bits per heavy atom. The van der Waals surface area contributed by atoms with Crippen LogP contribution in [0, 0.1) is 5.82 Å². The Morgan fingerprint density at radius 2 is 2.06 bits per heavy atom. The van der Waals surface area contributed by atoms with Gasteiger partial charge in [0.1, 0.15) is 23.0 Å². The molecule has 0 fully saturated rings. The molecule has 18 heavy (non-hydrogen) atoms. The van der Waals surface area contributed by atoms with Crippen molar-refractivity contribution in [2.75, 3.05) is 5.73 Å². The van der Waals surface area contributed by atoms with Crippen molar-refractivity contribution in [2.24, 2.45) is 0 Å². The summed E-state index contributed by atoms with van der Waals surface area (Å²) in [5.41, 5.74) is 7.94. The quantitative estimate of drug-likeness (QED) is 0.730. The van der Waals surface area contributed by atoms with Gasteiger partial charge in [-0.05, 0) is 30.3 Å². The highest BCUT2D eigenvalue weighted by molar-refractivity contribution is 6.33. The summed E-state index contributed by atoms with van der Waals surface area (Å²) in [6.45, 7) is 0. The molecule has 5 heteroatoms. The second kappa shape index (κ2) is 3.99. The first-order valence-electron chi connectivity index (χ1n) is 5.35. The number of imidazole rings is 1. The molecule has 0 unspecified atom stereocenters. The molecule has 3 aromatic rings. The lowest BCUT2D eigenvalue weighted by atomic mass is 10.1. The first kappa shape index (κ1) is 11.0. The standard InChI is InChI=1S/C13H9ClFN3/c14-10-7-8(15)4-5-9(10)12-13(16)18-6-2-1-3-11(18)17-12/h1-7H,16H2. The number of nitrogens with zero attached hydrogens (tertiary/aromatic N) is 2. The van der Waals surface area contributed by atoms with Crippen LogP contribution in [0.3, 0.4) is 0 Å². The number of nitrogen functional groups attached to an aromatic ring is 1. The number of rotatable bonds is 1. The van der Waals surface area contributed by atoms with E-state index in [9.17, 15) is 4.39 Å². The molecule has 2 heterocycles. The van der Waals surface area contributed by atoms with E-state index in [1.807, 2.05) is 24.4 Å². The zero-order valence-electron chi connectivity index (χ0n) is 9.27. The Morgan fingerprint density at radius 3 is 2.78 bits per heavy atom. The maximum atomic E-state index is 13.0. The van der Waals surface area contributed by atoms with Crippen LogP contribution in [0.2, 0.25) is 5.02 Å². The van der Waals surface area contributed by atoms with Crippen LogP contribution < -0.4 is 5.73 Å². The van der Waals surface area contributed by atoms with Gasteiger partial charge in [0.2, 0.25) is 0 Å². The zero-order chi connectivity index (χ0) is 12.7. The van der Waals surface area contributed by atoms with E-state index in [-0.39, 0.29) is 5.82 Å². The molecule has 0 aliphatic carbocycles. The van der Waals surface area contributed by atoms with Crippen LogP contribution in [0.15, 0.2) is 42.6 Å². The lowest BCUT2D eigenvalue weighted by Crippen LogP contribution is -1.93. The molecular formula is C13H9ClFN3. The fourth-order valence-corrected chi connectivity index (χ4v) is 2.15. The summed E-state index contributed by atoms with van der Waals surface area (Å²) >= 11 is 6.02. The number of fused-ring (bicyclic) bond motifs is 1. The predicted molar refractivity (Wildman–Crippen MR) is 70.0 cm³/mol. The smallest absolute Gasteiger partial charge is 0.139 e. The molecule has 0 saturated carbocycles. The molecule has 0 amide bonds. The molecule has 3 nitrogen and oxygen atoms in total. The van der Waals surface area contributed by atoms with Gasteiger partial charge in [0, 0.05) is 11.8 Å². The molecule has 0 spiro atoms. The average molecular weight is 262 g/mol. The maximum Gasteiger partial charge on any atom is 0.139 e. The van der Waals surface area contributed by atoms with Crippen LogP contribution >= 0.6 is 11.6 Å². The Kier molecular flexibility index (Phi) is 2.45. The summed E-state index contributed by atoms with van der Waals surface area (Å²) in [4.78, 5) is 4.40. The van der Waals surface area contributed by atoms with Crippen LogP contribution in [-0.4, -0.2) is 9.38 Å². The van der Waals surface area contributed by atoms with E-state index in [2.05, 4.69) is 4.98 Å². The van der Waals surface area contributed by atoms with Crippen LogP contribution in [0.5, 0.6) is 0 Å². The van der Waals surface area contributed by atoms with Crippen molar-refractivity contribution in [3.8, 4) is 11.3 Å². The third-order valence-corrected chi connectivity index (χ3v) is 3.07. The molecule has 90 valence electrons. The van der Waals surface area contributed by atoms with Crippen molar-refractivity contribution in [3.05, 3.63) is 53.4 Å². The van der Waals surface area contributed by atoms with E-state index in [1.54, 1.807) is 10.5 Å². The van der Waals surface area contributed by atoms with E-state index in [4.69, 9.17) is 17.3 Å². The topological polar surface area (TPSA) is 43.3 Å². The minimum absolute atomic E-state index is 0.296. The van der Waals surface area contributed by atoms with E-state index in [0.29, 0.717) is 22.1 Å². The number of nitrogens with two attached hydrogens (primary N) is 1. The molecule has 0 bridgehead atoms. The van der Waals surface area contributed by atoms with Gasteiger partial charge in [-0.25, -0.2) is 9.37 Å². The van der Waals surface area contributed by atoms with E-state index >= 15 is 0 Å². The predicted octanol–water partition coefficient (Wildman–Crippen LogP) is 3.38. The molecular weight excluding hydrogens is 253 g/mol. The third-order valence-electron chi connectivity index (χ3n) is 2.75. The van der Waals surface area contributed by atoms with Gasteiger partial charge in [0.25, 0.3) is 0 Å². The maximum absolute atomic E-state index is 13.0. The van der Waals surface area contributed by atoms with Crippen LogP contribution in [0.4, 0.5) is 10.2 Å². The largest absolute Gasteiger partial charge is 0.383 e. The van der Waals surface area contributed by atoms with Gasteiger partial charge < -0.3 is 5.73 Å². The molecule has 2 aromatic heterocycles. The second-order valence-electron chi connectivity index (χ2n) is 3.90. The number of benzene rings is 1. The monoisotopic (exact) mass is 261 g/mol. The second-order valence-corrected chi connectivity index (χ2v) is 4.31. The third kappa shape index (κ3) is 1.62. The number of hydrogen-bond acceptors (Lipinski definition) is 2. The number of anilines is 1. The molecule has 0 atom stereocenters. The Hall–Kier alpha value is -2.07. The highest BCUT2D eigenvalue weighted by Gasteiger charge is 2.13. The first-order chi connectivity index (χ1) is 8.66. The molecule has 2 N–H and O–H groups in total.